The van der Waals surface area contributed by atoms with Gasteiger partial charge >= 0.3 is 0 Å². The average Bonchev–Trinajstić information content (AvgIpc) is 2.92. The Morgan fingerprint density at radius 1 is 1.52 bits per heavy atom. The Hall–Kier alpha value is -1.24. The molecule has 0 aromatic carbocycles. The number of hydrogen-bond acceptors (Lipinski definition) is 6. The molecular formula is C14H19ClN4O2. The van der Waals surface area contributed by atoms with Crippen LogP contribution in [0.3, 0.4) is 0 Å². The smallest absolute Gasteiger partial charge is 0.156 e. The van der Waals surface area contributed by atoms with E-state index in [0.29, 0.717) is 36.1 Å². The number of morpholine rings is 1. The average molecular weight is 311 g/mol. The van der Waals surface area contributed by atoms with Gasteiger partial charge in [0.2, 0.25) is 0 Å². The highest BCUT2D eigenvalue weighted by Crippen LogP contribution is 2.23. The summed E-state index contributed by atoms with van der Waals surface area (Å²) in [7, 11) is 0. The summed E-state index contributed by atoms with van der Waals surface area (Å²) in [5.41, 5.74) is 0.303. The van der Waals surface area contributed by atoms with Gasteiger partial charge in [-0.05, 0) is 26.3 Å². The number of halogens is 1. The number of aryl methyl sites for hydroxylation is 1. The molecule has 1 N–H and O–H groups in total. The van der Waals surface area contributed by atoms with E-state index in [0.717, 1.165) is 19.7 Å². The van der Waals surface area contributed by atoms with E-state index in [1.165, 1.54) is 12.8 Å². The fourth-order valence-corrected chi connectivity index (χ4v) is 3.26. The van der Waals surface area contributed by atoms with Crippen LogP contribution in [0.4, 0.5) is 5.82 Å². The minimum absolute atomic E-state index is 0.105. The molecule has 0 spiro atoms. The van der Waals surface area contributed by atoms with Gasteiger partial charge in [0.15, 0.2) is 6.29 Å². The summed E-state index contributed by atoms with van der Waals surface area (Å²) in [6.07, 6.45) is 3.27. The maximum absolute atomic E-state index is 11.1. The summed E-state index contributed by atoms with van der Waals surface area (Å²) in [4.78, 5) is 21.8. The van der Waals surface area contributed by atoms with E-state index >= 15 is 0 Å². The summed E-state index contributed by atoms with van der Waals surface area (Å²) in [6, 6.07) is 0.586. The van der Waals surface area contributed by atoms with Crippen molar-refractivity contribution in [1.29, 1.82) is 0 Å². The van der Waals surface area contributed by atoms with Crippen LogP contribution in [-0.2, 0) is 4.74 Å². The summed E-state index contributed by atoms with van der Waals surface area (Å²) < 4.78 is 5.88. The third kappa shape index (κ3) is 3.17. The first-order valence-electron chi connectivity index (χ1n) is 7.26. The second-order valence-corrected chi connectivity index (χ2v) is 5.93. The molecule has 2 saturated heterocycles. The number of nitrogens with zero attached hydrogens (tertiary/aromatic N) is 3. The number of hydrogen-bond donors (Lipinski definition) is 1. The molecule has 3 heterocycles. The fraction of sp³-hybridized carbons (Fsp3) is 0.643. The first kappa shape index (κ1) is 14.7. The molecule has 114 valence electrons. The highest BCUT2D eigenvalue weighted by atomic mass is 35.5. The molecule has 2 aliphatic heterocycles. The Morgan fingerprint density at radius 2 is 2.38 bits per heavy atom. The topological polar surface area (TPSA) is 67.4 Å². The first-order chi connectivity index (χ1) is 10.2. The molecule has 0 bridgehead atoms. The highest BCUT2D eigenvalue weighted by Gasteiger charge is 2.32. The summed E-state index contributed by atoms with van der Waals surface area (Å²) in [5.74, 6) is 1.02. The fourth-order valence-electron chi connectivity index (χ4n) is 3.01. The molecular weight excluding hydrogens is 292 g/mol. The number of anilines is 1. The normalized spacial score (nSPS) is 25.6. The predicted octanol–water partition coefficient (Wildman–Crippen LogP) is 1.53. The molecule has 1 aromatic rings. The van der Waals surface area contributed by atoms with Crippen molar-refractivity contribution in [2.45, 2.75) is 31.9 Å². The highest BCUT2D eigenvalue weighted by molar-refractivity contribution is 6.32. The van der Waals surface area contributed by atoms with Gasteiger partial charge in [0.1, 0.15) is 16.8 Å². The van der Waals surface area contributed by atoms with Crippen molar-refractivity contribution >= 4 is 23.7 Å². The lowest BCUT2D eigenvalue weighted by Crippen LogP contribution is -2.48. The Morgan fingerprint density at radius 3 is 3.19 bits per heavy atom. The number of rotatable bonds is 4. The van der Waals surface area contributed by atoms with Gasteiger partial charge in [-0.25, -0.2) is 9.97 Å². The van der Waals surface area contributed by atoms with E-state index in [-0.39, 0.29) is 11.3 Å². The minimum Gasteiger partial charge on any atom is -0.373 e. The zero-order valence-electron chi connectivity index (χ0n) is 12.0. The number of carbonyl (C=O) groups excluding carboxylic acids is 1. The molecule has 2 atom stereocenters. The third-order valence-corrected chi connectivity index (χ3v) is 4.38. The number of aromatic nitrogens is 2. The maximum atomic E-state index is 11.1. The molecule has 21 heavy (non-hydrogen) atoms. The lowest BCUT2D eigenvalue weighted by atomic mass is 10.2. The molecule has 0 amide bonds. The second-order valence-electron chi connectivity index (χ2n) is 5.57. The van der Waals surface area contributed by atoms with E-state index in [1.807, 2.05) is 0 Å². The third-order valence-electron chi connectivity index (χ3n) is 4.09. The zero-order chi connectivity index (χ0) is 14.8. The van der Waals surface area contributed by atoms with Crippen LogP contribution in [0.1, 0.15) is 29.0 Å². The Kier molecular flexibility index (Phi) is 4.37. The predicted molar refractivity (Wildman–Crippen MR) is 80.0 cm³/mol. The molecule has 2 fully saturated rings. The SMILES string of the molecule is Cc1nc(Cl)c(C=O)c(NCC2CN3CCCC3CO2)n1. The van der Waals surface area contributed by atoms with E-state index < -0.39 is 0 Å². The molecule has 7 heteroatoms. The van der Waals surface area contributed by atoms with Crippen molar-refractivity contribution in [3.05, 3.63) is 16.5 Å². The van der Waals surface area contributed by atoms with Crippen LogP contribution in [0.2, 0.25) is 5.15 Å². The second kappa shape index (κ2) is 6.25. The van der Waals surface area contributed by atoms with Gasteiger partial charge in [0.05, 0.1) is 18.3 Å². The largest absolute Gasteiger partial charge is 0.373 e. The lowest BCUT2D eigenvalue weighted by molar-refractivity contribution is -0.0416. The van der Waals surface area contributed by atoms with Gasteiger partial charge in [-0.2, -0.15) is 0 Å². The number of carbonyl (C=O) groups is 1. The van der Waals surface area contributed by atoms with Gasteiger partial charge in [0.25, 0.3) is 0 Å². The van der Waals surface area contributed by atoms with Gasteiger partial charge in [-0.3, -0.25) is 9.69 Å². The Bertz CT molecular complexity index is 540. The minimum atomic E-state index is 0.105. The zero-order valence-corrected chi connectivity index (χ0v) is 12.8. The Balaban J connectivity index is 1.64. The quantitative estimate of drug-likeness (QED) is 0.672. The summed E-state index contributed by atoms with van der Waals surface area (Å²) in [5, 5.41) is 3.36. The van der Waals surface area contributed by atoms with Gasteiger partial charge in [-0.1, -0.05) is 11.6 Å². The molecule has 6 nitrogen and oxygen atoms in total. The van der Waals surface area contributed by atoms with E-state index in [4.69, 9.17) is 16.3 Å². The van der Waals surface area contributed by atoms with Crippen molar-refractivity contribution in [2.75, 3.05) is 31.6 Å². The number of fused-ring (bicyclic) bond motifs is 1. The molecule has 2 unspecified atom stereocenters. The van der Waals surface area contributed by atoms with E-state index in [9.17, 15) is 4.79 Å². The van der Waals surface area contributed by atoms with E-state index in [2.05, 4.69) is 20.2 Å². The van der Waals surface area contributed by atoms with Crippen molar-refractivity contribution in [3.63, 3.8) is 0 Å². The molecule has 0 aliphatic carbocycles. The maximum Gasteiger partial charge on any atom is 0.156 e. The van der Waals surface area contributed by atoms with Crippen LogP contribution >= 0.6 is 11.6 Å². The monoisotopic (exact) mass is 310 g/mol. The number of ether oxygens (including phenoxy) is 1. The standard InChI is InChI=1S/C14H19ClN4O2/c1-9-17-13(15)12(7-20)14(18-9)16-5-11-6-19-4-2-3-10(19)8-21-11/h7,10-11H,2-6,8H2,1H3,(H,16,17,18). The number of nitrogens with one attached hydrogen (secondary N) is 1. The van der Waals surface area contributed by atoms with Crippen LogP contribution in [0.25, 0.3) is 0 Å². The molecule has 0 radical (unpaired) electrons. The van der Waals surface area contributed by atoms with Crippen molar-refractivity contribution in [3.8, 4) is 0 Å². The van der Waals surface area contributed by atoms with Crippen LogP contribution in [0, 0.1) is 6.92 Å². The number of aldehydes is 1. The summed E-state index contributed by atoms with van der Waals surface area (Å²) >= 11 is 5.97. The molecule has 0 saturated carbocycles. The van der Waals surface area contributed by atoms with Gasteiger partial charge < -0.3 is 10.1 Å². The van der Waals surface area contributed by atoms with Crippen LogP contribution in [0.5, 0.6) is 0 Å². The summed E-state index contributed by atoms with van der Waals surface area (Å²) in [6.45, 7) is 5.22. The molecule has 3 rings (SSSR count). The molecule has 2 aliphatic rings. The van der Waals surface area contributed by atoms with E-state index in [1.54, 1.807) is 6.92 Å². The molecule has 1 aromatic heterocycles. The van der Waals surface area contributed by atoms with Crippen LogP contribution < -0.4 is 5.32 Å². The van der Waals surface area contributed by atoms with Gasteiger partial charge in [0, 0.05) is 19.1 Å². The van der Waals surface area contributed by atoms with Crippen molar-refractivity contribution < 1.29 is 9.53 Å². The lowest BCUT2D eigenvalue weighted by Gasteiger charge is -2.35. The van der Waals surface area contributed by atoms with Crippen LogP contribution in [-0.4, -0.2) is 59.5 Å². The van der Waals surface area contributed by atoms with Gasteiger partial charge in [-0.15, -0.1) is 0 Å². The van der Waals surface area contributed by atoms with Crippen LogP contribution in [0.15, 0.2) is 0 Å². The Labute approximate surface area is 128 Å². The van der Waals surface area contributed by atoms with Crippen molar-refractivity contribution in [1.82, 2.24) is 14.9 Å². The van der Waals surface area contributed by atoms with Crippen molar-refractivity contribution in [2.24, 2.45) is 0 Å². The first-order valence-corrected chi connectivity index (χ1v) is 7.64.